The fourth-order valence-corrected chi connectivity index (χ4v) is 1.96. The number of amides is 1. The van der Waals surface area contributed by atoms with Crippen LogP contribution in [0.25, 0.3) is 0 Å². The summed E-state index contributed by atoms with van der Waals surface area (Å²) in [4.78, 5) is 11.8. The van der Waals surface area contributed by atoms with Crippen LogP contribution in [0.4, 0.5) is 13.2 Å². The Hall–Kier alpha value is -1.53. The normalized spacial score (nSPS) is 17.1. The molecule has 1 fully saturated rings. The van der Waals surface area contributed by atoms with Gasteiger partial charge in [0.05, 0.1) is 0 Å². The first-order chi connectivity index (χ1) is 9.31. The second-order valence-corrected chi connectivity index (χ2v) is 5.26. The second-order valence-electron chi connectivity index (χ2n) is 5.26. The maximum Gasteiger partial charge on any atom is 0.435 e. The zero-order valence-electron chi connectivity index (χ0n) is 11.5. The zero-order valence-corrected chi connectivity index (χ0v) is 11.5. The van der Waals surface area contributed by atoms with Crippen molar-refractivity contribution in [3.05, 3.63) is 17.5 Å². The second kappa shape index (κ2) is 5.46. The molecule has 1 N–H and O–H groups in total. The lowest BCUT2D eigenvalue weighted by Crippen LogP contribution is -2.35. The van der Waals surface area contributed by atoms with Gasteiger partial charge in [-0.05, 0) is 32.3 Å². The Kier molecular flexibility index (Phi) is 4.06. The molecule has 0 unspecified atom stereocenters. The van der Waals surface area contributed by atoms with Gasteiger partial charge in [0.1, 0.15) is 6.54 Å². The fourth-order valence-electron chi connectivity index (χ4n) is 1.96. The molecule has 1 saturated carbocycles. The highest BCUT2D eigenvalue weighted by molar-refractivity contribution is 5.76. The maximum atomic E-state index is 12.7. The van der Waals surface area contributed by atoms with Gasteiger partial charge >= 0.3 is 6.18 Å². The van der Waals surface area contributed by atoms with Gasteiger partial charge in [-0.1, -0.05) is 6.92 Å². The molecule has 112 valence electrons. The molecule has 0 bridgehead atoms. The lowest BCUT2D eigenvalue weighted by atomic mass is 10.2. The average Bonchev–Trinajstić information content (AvgIpc) is 3.09. The molecule has 1 amide bonds. The van der Waals surface area contributed by atoms with Crippen molar-refractivity contribution in [1.29, 1.82) is 0 Å². The Morgan fingerprint density at radius 3 is 2.70 bits per heavy atom. The summed E-state index contributed by atoms with van der Waals surface area (Å²) in [6, 6.07) is 1.07. The molecule has 1 aromatic rings. The minimum absolute atomic E-state index is 0.00419. The van der Waals surface area contributed by atoms with Crippen LogP contribution in [0, 0.1) is 0 Å². The highest BCUT2D eigenvalue weighted by atomic mass is 19.4. The van der Waals surface area contributed by atoms with Crippen LogP contribution in [0.3, 0.4) is 0 Å². The summed E-state index contributed by atoms with van der Waals surface area (Å²) in [6.07, 6.45) is -1.98. The number of carbonyl (C=O) groups excluding carboxylic acids is 1. The third-order valence-corrected chi connectivity index (χ3v) is 3.41. The average molecular weight is 289 g/mol. The van der Waals surface area contributed by atoms with Gasteiger partial charge in [0, 0.05) is 17.7 Å². The molecule has 1 aliphatic carbocycles. The Morgan fingerprint density at radius 2 is 2.20 bits per heavy atom. The predicted octanol–water partition coefficient (Wildman–Crippen LogP) is 2.69. The molecule has 2 rings (SSSR count). The first-order valence-corrected chi connectivity index (χ1v) is 6.75. The van der Waals surface area contributed by atoms with Crippen LogP contribution in [-0.4, -0.2) is 21.7 Å². The lowest BCUT2D eigenvalue weighted by molar-refractivity contribution is -0.141. The summed E-state index contributed by atoms with van der Waals surface area (Å²) in [5.41, 5.74) is -0.410. The van der Waals surface area contributed by atoms with Gasteiger partial charge in [-0.25, -0.2) is 0 Å². The van der Waals surface area contributed by atoms with Crippen molar-refractivity contribution in [2.75, 3.05) is 0 Å². The number of hydrogen-bond acceptors (Lipinski definition) is 2. The summed E-state index contributed by atoms with van der Waals surface area (Å²) in [5, 5.41) is 6.28. The molecule has 0 aliphatic heterocycles. The fraction of sp³-hybridized carbons (Fsp3) is 0.692. The quantitative estimate of drug-likeness (QED) is 0.906. The highest BCUT2D eigenvalue weighted by Gasteiger charge is 2.38. The van der Waals surface area contributed by atoms with Gasteiger partial charge in [-0.15, -0.1) is 0 Å². The minimum atomic E-state index is -4.47. The molecule has 1 aliphatic rings. The monoisotopic (exact) mass is 289 g/mol. The van der Waals surface area contributed by atoms with Crippen LogP contribution in [0.2, 0.25) is 0 Å². The number of alkyl halides is 3. The zero-order chi connectivity index (χ0) is 14.9. The van der Waals surface area contributed by atoms with Crippen molar-refractivity contribution < 1.29 is 18.0 Å². The largest absolute Gasteiger partial charge is 0.435 e. The summed E-state index contributed by atoms with van der Waals surface area (Å²) >= 11 is 0. The van der Waals surface area contributed by atoms with Crippen LogP contribution < -0.4 is 5.32 Å². The molecular formula is C13H18F3N3O. The molecule has 0 aromatic carbocycles. The van der Waals surface area contributed by atoms with E-state index in [-0.39, 0.29) is 24.4 Å². The molecule has 0 radical (unpaired) electrons. The van der Waals surface area contributed by atoms with Crippen LogP contribution >= 0.6 is 0 Å². The number of halogens is 3. The van der Waals surface area contributed by atoms with Crippen molar-refractivity contribution in [2.24, 2.45) is 0 Å². The Morgan fingerprint density at radius 1 is 1.55 bits per heavy atom. The predicted molar refractivity (Wildman–Crippen MR) is 67.1 cm³/mol. The van der Waals surface area contributed by atoms with E-state index in [1.165, 1.54) is 4.68 Å². The van der Waals surface area contributed by atoms with E-state index in [1.54, 1.807) is 0 Å². The molecule has 1 aromatic heterocycles. The minimum Gasteiger partial charge on any atom is -0.352 e. The standard InChI is InChI=1S/C13H18F3N3O/c1-3-8(2)17-12(20)7-19-10(9-4-5-9)6-11(18-19)13(14,15)16/h6,8-9H,3-5,7H2,1-2H3,(H,17,20)/t8-/m0/s1. The summed E-state index contributed by atoms with van der Waals surface area (Å²) < 4.78 is 39.3. The number of aromatic nitrogens is 2. The van der Waals surface area contributed by atoms with Gasteiger partial charge in [0.25, 0.3) is 0 Å². The lowest BCUT2D eigenvalue weighted by Gasteiger charge is -2.12. The summed E-state index contributed by atoms with van der Waals surface area (Å²) in [7, 11) is 0. The molecule has 7 heteroatoms. The van der Waals surface area contributed by atoms with Gasteiger partial charge in [-0.3, -0.25) is 9.48 Å². The molecule has 20 heavy (non-hydrogen) atoms. The van der Waals surface area contributed by atoms with E-state index in [0.717, 1.165) is 25.3 Å². The van der Waals surface area contributed by atoms with Crippen molar-refractivity contribution >= 4 is 5.91 Å². The smallest absolute Gasteiger partial charge is 0.352 e. The van der Waals surface area contributed by atoms with Gasteiger partial charge in [0.2, 0.25) is 5.91 Å². The van der Waals surface area contributed by atoms with E-state index < -0.39 is 11.9 Å². The van der Waals surface area contributed by atoms with Gasteiger partial charge in [-0.2, -0.15) is 18.3 Å². The Balaban J connectivity index is 2.14. The van der Waals surface area contributed by atoms with Crippen molar-refractivity contribution in [3.63, 3.8) is 0 Å². The van der Waals surface area contributed by atoms with Crippen molar-refractivity contribution in [3.8, 4) is 0 Å². The molecule has 1 heterocycles. The van der Waals surface area contributed by atoms with Crippen LogP contribution in [0.5, 0.6) is 0 Å². The van der Waals surface area contributed by atoms with E-state index in [9.17, 15) is 18.0 Å². The van der Waals surface area contributed by atoms with E-state index in [0.29, 0.717) is 5.69 Å². The Bertz CT molecular complexity index is 492. The SMILES string of the molecule is CC[C@H](C)NC(=O)Cn1nc(C(F)(F)F)cc1C1CC1. The van der Waals surface area contributed by atoms with E-state index in [1.807, 2.05) is 13.8 Å². The van der Waals surface area contributed by atoms with Crippen molar-refractivity contribution in [1.82, 2.24) is 15.1 Å². The first kappa shape index (κ1) is 14.9. The molecule has 0 saturated heterocycles. The van der Waals surface area contributed by atoms with Gasteiger partial charge < -0.3 is 5.32 Å². The van der Waals surface area contributed by atoms with Crippen LogP contribution in [-0.2, 0) is 17.5 Å². The summed E-state index contributed by atoms with van der Waals surface area (Å²) in [5.74, 6) is -0.201. The highest BCUT2D eigenvalue weighted by Crippen LogP contribution is 2.42. The summed E-state index contributed by atoms with van der Waals surface area (Å²) in [6.45, 7) is 3.62. The molecular weight excluding hydrogens is 271 g/mol. The van der Waals surface area contributed by atoms with E-state index in [4.69, 9.17) is 0 Å². The number of rotatable bonds is 5. The molecule has 0 spiro atoms. The van der Waals surface area contributed by atoms with Crippen LogP contribution in [0.15, 0.2) is 6.07 Å². The molecule has 1 atom stereocenters. The number of nitrogens with one attached hydrogen (secondary N) is 1. The maximum absolute atomic E-state index is 12.7. The third-order valence-electron chi connectivity index (χ3n) is 3.41. The first-order valence-electron chi connectivity index (χ1n) is 6.75. The third kappa shape index (κ3) is 3.52. The number of hydrogen-bond donors (Lipinski definition) is 1. The number of nitrogens with zero attached hydrogens (tertiary/aromatic N) is 2. The van der Waals surface area contributed by atoms with Crippen LogP contribution in [0.1, 0.15) is 50.4 Å². The molecule has 4 nitrogen and oxygen atoms in total. The Labute approximate surface area is 115 Å². The van der Waals surface area contributed by atoms with E-state index in [2.05, 4.69) is 10.4 Å². The topological polar surface area (TPSA) is 46.9 Å². The number of carbonyl (C=O) groups is 1. The van der Waals surface area contributed by atoms with Crippen molar-refractivity contribution in [2.45, 2.75) is 57.8 Å². The van der Waals surface area contributed by atoms with E-state index >= 15 is 0 Å². The van der Waals surface area contributed by atoms with Gasteiger partial charge in [0.15, 0.2) is 5.69 Å².